The van der Waals surface area contributed by atoms with Crippen LogP contribution < -0.4 is 10.1 Å². The van der Waals surface area contributed by atoms with Gasteiger partial charge in [0.25, 0.3) is 5.91 Å². The van der Waals surface area contributed by atoms with E-state index in [9.17, 15) is 4.79 Å². The smallest absolute Gasteiger partial charge is 0.261 e. The first-order valence-electron chi connectivity index (χ1n) is 5.18. The Bertz CT molecular complexity index is 451. The second-order valence-electron chi connectivity index (χ2n) is 3.59. The maximum absolute atomic E-state index is 11.5. The first-order chi connectivity index (χ1) is 8.04. The standard InChI is InChI=1S/C13H14ClNO2/c1-4-7-15-13(16)10(3)17-12-6-5-11(14)8-9(12)2/h1,5-6,8,10H,7H2,2-3H3,(H,15,16). The number of rotatable bonds is 4. The van der Waals surface area contributed by atoms with Gasteiger partial charge in [-0.05, 0) is 37.6 Å². The topological polar surface area (TPSA) is 38.3 Å². The summed E-state index contributed by atoms with van der Waals surface area (Å²) in [6, 6.07) is 5.24. The number of aryl methyl sites for hydroxylation is 1. The van der Waals surface area contributed by atoms with Crippen molar-refractivity contribution in [3.63, 3.8) is 0 Å². The molecule has 3 nitrogen and oxygen atoms in total. The van der Waals surface area contributed by atoms with Gasteiger partial charge in [-0.2, -0.15) is 0 Å². The molecular weight excluding hydrogens is 238 g/mol. The second-order valence-corrected chi connectivity index (χ2v) is 4.03. The van der Waals surface area contributed by atoms with Crippen LogP contribution in [0.5, 0.6) is 5.75 Å². The summed E-state index contributed by atoms with van der Waals surface area (Å²) in [5.74, 6) is 2.73. The molecule has 1 rings (SSSR count). The predicted molar refractivity (Wildman–Crippen MR) is 68.1 cm³/mol. The first-order valence-corrected chi connectivity index (χ1v) is 5.56. The molecule has 0 aliphatic heterocycles. The third kappa shape index (κ3) is 4.01. The number of terminal acetylenes is 1. The summed E-state index contributed by atoms with van der Waals surface area (Å²) in [7, 11) is 0. The van der Waals surface area contributed by atoms with Gasteiger partial charge in [-0.25, -0.2) is 0 Å². The molecule has 0 saturated carbocycles. The number of ether oxygens (including phenoxy) is 1. The lowest BCUT2D eigenvalue weighted by Gasteiger charge is -2.15. The lowest BCUT2D eigenvalue weighted by molar-refractivity contribution is -0.127. The van der Waals surface area contributed by atoms with Crippen molar-refractivity contribution in [3.05, 3.63) is 28.8 Å². The minimum absolute atomic E-state index is 0.201. The zero-order chi connectivity index (χ0) is 12.8. The van der Waals surface area contributed by atoms with E-state index in [2.05, 4.69) is 11.2 Å². The van der Waals surface area contributed by atoms with Crippen LogP contribution in [0.2, 0.25) is 5.02 Å². The first kappa shape index (κ1) is 13.4. The number of hydrogen-bond donors (Lipinski definition) is 1. The molecule has 1 aromatic carbocycles. The van der Waals surface area contributed by atoms with Gasteiger partial charge in [0.1, 0.15) is 5.75 Å². The molecule has 0 spiro atoms. The lowest BCUT2D eigenvalue weighted by Crippen LogP contribution is -2.36. The highest BCUT2D eigenvalue weighted by molar-refractivity contribution is 6.30. The summed E-state index contributed by atoms with van der Waals surface area (Å²) in [5.41, 5.74) is 0.883. The Kier molecular flexibility index (Phi) is 4.86. The fourth-order valence-corrected chi connectivity index (χ4v) is 1.50. The highest BCUT2D eigenvalue weighted by Gasteiger charge is 2.14. The van der Waals surface area contributed by atoms with Crippen LogP contribution in [0.3, 0.4) is 0 Å². The molecule has 0 aliphatic carbocycles. The molecule has 90 valence electrons. The zero-order valence-electron chi connectivity index (χ0n) is 9.79. The second kappa shape index (κ2) is 6.17. The maximum Gasteiger partial charge on any atom is 0.261 e. The van der Waals surface area contributed by atoms with Gasteiger partial charge in [-0.15, -0.1) is 6.42 Å². The number of nitrogens with one attached hydrogen (secondary N) is 1. The van der Waals surface area contributed by atoms with Crippen molar-refractivity contribution in [3.8, 4) is 18.1 Å². The molecule has 0 aliphatic rings. The summed E-state index contributed by atoms with van der Waals surface area (Å²) in [5, 5.41) is 3.20. The average molecular weight is 252 g/mol. The molecule has 0 aromatic heterocycles. The molecule has 0 fully saturated rings. The predicted octanol–water partition coefficient (Wildman–Crippen LogP) is 2.17. The molecule has 1 amide bonds. The lowest BCUT2D eigenvalue weighted by atomic mass is 10.2. The number of carbonyl (C=O) groups is 1. The van der Waals surface area contributed by atoms with Crippen molar-refractivity contribution in [1.29, 1.82) is 0 Å². The van der Waals surface area contributed by atoms with Crippen LogP contribution in [-0.4, -0.2) is 18.6 Å². The maximum atomic E-state index is 11.5. The Morgan fingerprint density at radius 2 is 2.35 bits per heavy atom. The fraction of sp³-hybridized carbons (Fsp3) is 0.308. The number of hydrogen-bond acceptors (Lipinski definition) is 2. The van der Waals surface area contributed by atoms with Crippen LogP contribution >= 0.6 is 11.6 Å². The molecule has 1 unspecified atom stereocenters. The van der Waals surface area contributed by atoms with Gasteiger partial charge in [-0.1, -0.05) is 17.5 Å². The van der Waals surface area contributed by atoms with Crippen molar-refractivity contribution >= 4 is 17.5 Å². The molecule has 0 heterocycles. The molecule has 0 saturated heterocycles. The molecule has 1 atom stereocenters. The molecule has 0 bridgehead atoms. The van der Waals surface area contributed by atoms with E-state index < -0.39 is 6.10 Å². The minimum Gasteiger partial charge on any atom is -0.481 e. The Balaban J connectivity index is 2.65. The molecular formula is C13H14ClNO2. The van der Waals surface area contributed by atoms with Crippen molar-refractivity contribution in [2.75, 3.05) is 6.54 Å². The van der Waals surface area contributed by atoms with Crippen LogP contribution in [-0.2, 0) is 4.79 Å². The number of benzene rings is 1. The third-order valence-corrected chi connectivity index (χ3v) is 2.41. The highest BCUT2D eigenvalue weighted by atomic mass is 35.5. The van der Waals surface area contributed by atoms with E-state index in [-0.39, 0.29) is 12.5 Å². The summed E-state index contributed by atoms with van der Waals surface area (Å²) in [4.78, 5) is 11.5. The third-order valence-electron chi connectivity index (χ3n) is 2.17. The normalized spacial score (nSPS) is 11.4. The van der Waals surface area contributed by atoms with Crippen LogP contribution in [0.1, 0.15) is 12.5 Å². The number of carbonyl (C=O) groups excluding carboxylic acids is 1. The van der Waals surface area contributed by atoms with Crippen molar-refractivity contribution in [2.24, 2.45) is 0 Å². The quantitative estimate of drug-likeness (QED) is 0.833. The summed E-state index contributed by atoms with van der Waals surface area (Å²) >= 11 is 5.83. The van der Waals surface area contributed by atoms with Gasteiger partial charge in [0.2, 0.25) is 0 Å². The van der Waals surface area contributed by atoms with E-state index in [1.807, 2.05) is 6.92 Å². The van der Waals surface area contributed by atoms with Gasteiger partial charge < -0.3 is 10.1 Å². The fourth-order valence-electron chi connectivity index (χ4n) is 1.27. The summed E-state index contributed by atoms with van der Waals surface area (Å²) in [6.45, 7) is 3.74. The van der Waals surface area contributed by atoms with Crippen LogP contribution in [0.25, 0.3) is 0 Å². The zero-order valence-corrected chi connectivity index (χ0v) is 10.5. The number of halogens is 1. The molecule has 4 heteroatoms. The summed E-state index contributed by atoms with van der Waals surface area (Å²) < 4.78 is 5.52. The number of amides is 1. The van der Waals surface area contributed by atoms with E-state index >= 15 is 0 Å². The Hall–Kier alpha value is -1.66. The Labute approximate surface area is 106 Å². The van der Waals surface area contributed by atoms with Gasteiger partial charge in [-0.3, -0.25) is 4.79 Å². The Morgan fingerprint density at radius 3 is 2.94 bits per heavy atom. The van der Waals surface area contributed by atoms with Gasteiger partial charge in [0, 0.05) is 5.02 Å². The van der Waals surface area contributed by atoms with E-state index in [4.69, 9.17) is 22.8 Å². The molecule has 1 N–H and O–H groups in total. The van der Waals surface area contributed by atoms with E-state index in [1.54, 1.807) is 25.1 Å². The van der Waals surface area contributed by atoms with Gasteiger partial charge in [0.15, 0.2) is 6.10 Å². The minimum atomic E-state index is -0.594. The van der Waals surface area contributed by atoms with E-state index in [0.29, 0.717) is 10.8 Å². The van der Waals surface area contributed by atoms with E-state index in [1.165, 1.54) is 0 Å². The van der Waals surface area contributed by atoms with Crippen LogP contribution in [0, 0.1) is 19.3 Å². The summed E-state index contributed by atoms with van der Waals surface area (Å²) in [6.07, 6.45) is 4.46. The van der Waals surface area contributed by atoms with Crippen molar-refractivity contribution < 1.29 is 9.53 Å². The van der Waals surface area contributed by atoms with Crippen LogP contribution in [0.4, 0.5) is 0 Å². The molecule has 1 aromatic rings. The van der Waals surface area contributed by atoms with Crippen molar-refractivity contribution in [2.45, 2.75) is 20.0 Å². The van der Waals surface area contributed by atoms with Gasteiger partial charge >= 0.3 is 0 Å². The molecule has 17 heavy (non-hydrogen) atoms. The SMILES string of the molecule is C#CCNC(=O)C(C)Oc1ccc(Cl)cc1C. The van der Waals surface area contributed by atoms with Crippen molar-refractivity contribution in [1.82, 2.24) is 5.32 Å². The monoisotopic (exact) mass is 251 g/mol. The van der Waals surface area contributed by atoms with Crippen LogP contribution in [0.15, 0.2) is 18.2 Å². The Morgan fingerprint density at radius 1 is 1.65 bits per heavy atom. The largest absolute Gasteiger partial charge is 0.481 e. The van der Waals surface area contributed by atoms with E-state index in [0.717, 1.165) is 5.56 Å². The highest BCUT2D eigenvalue weighted by Crippen LogP contribution is 2.22. The average Bonchev–Trinajstić information content (AvgIpc) is 2.29. The molecule has 0 radical (unpaired) electrons. The van der Waals surface area contributed by atoms with Gasteiger partial charge in [0.05, 0.1) is 6.54 Å².